The number of amides is 1. The molecule has 0 heterocycles. The van der Waals surface area contributed by atoms with E-state index in [0.29, 0.717) is 6.42 Å². The number of carbonyl (C=O) groups is 1. The van der Waals surface area contributed by atoms with Crippen molar-refractivity contribution in [3.8, 4) is 0 Å². The van der Waals surface area contributed by atoms with Crippen molar-refractivity contribution in [1.29, 1.82) is 0 Å². The third-order valence-corrected chi connectivity index (χ3v) is 3.62. The number of nitrogens with one attached hydrogen (secondary N) is 1. The fraction of sp³-hybridized carbons (Fsp3) is 0.417. The highest BCUT2D eigenvalue weighted by atomic mass is 79.9. The molecule has 1 N–H and O–H groups in total. The van der Waals surface area contributed by atoms with Crippen molar-refractivity contribution < 1.29 is 18.0 Å². The molecule has 1 aromatic rings. The fourth-order valence-corrected chi connectivity index (χ4v) is 2.50. The summed E-state index contributed by atoms with van der Waals surface area (Å²) in [7, 11) is 0. The molecule has 2 atom stereocenters. The van der Waals surface area contributed by atoms with Gasteiger partial charge in [-0.3, -0.25) is 4.79 Å². The monoisotopic (exact) mass is 321 g/mol. The van der Waals surface area contributed by atoms with Crippen LogP contribution in [0.4, 0.5) is 13.2 Å². The molecule has 1 fully saturated rings. The predicted octanol–water partition coefficient (Wildman–Crippen LogP) is 3.23. The number of benzene rings is 1. The van der Waals surface area contributed by atoms with Crippen molar-refractivity contribution in [3.63, 3.8) is 0 Å². The Morgan fingerprint density at radius 2 is 2.06 bits per heavy atom. The summed E-state index contributed by atoms with van der Waals surface area (Å²) in [5.41, 5.74) is 0.977. The second-order valence-electron chi connectivity index (χ2n) is 4.30. The SMILES string of the molecule is O=C(NCC(F)(F)F)C1CC1c1ccccc1Br. The lowest BCUT2D eigenvalue weighted by Crippen LogP contribution is -2.34. The number of carbonyl (C=O) groups excluding carboxylic acids is 1. The van der Waals surface area contributed by atoms with Crippen molar-refractivity contribution in [3.05, 3.63) is 34.3 Å². The number of hydrogen-bond donors (Lipinski definition) is 1. The number of halogens is 4. The third kappa shape index (κ3) is 3.25. The lowest BCUT2D eigenvalue weighted by molar-refractivity contribution is -0.139. The molecular formula is C12H11BrF3NO. The molecule has 0 aliphatic heterocycles. The van der Waals surface area contributed by atoms with Gasteiger partial charge in [0.2, 0.25) is 5.91 Å². The van der Waals surface area contributed by atoms with Gasteiger partial charge in [-0.05, 0) is 24.0 Å². The number of hydrogen-bond acceptors (Lipinski definition) is 1. The zero-order valence-electron chi connectivity index (χ0n) is 9.30. The van der Waals surface area contributed by atoms with Crippen LogP contribution in [0.3, 0.4) is 0 Å². The molecule has 0 radical (unpaired) electrons. The van der Waals surface area contributed by atoms with Crippen LogP contribution in [0.5, 0.6) is 0 Å². The average molecular weight is 322 g/mol. The van der Waals surface area contributed by atoms with E-state index in [-0.39, 0.29) is 11.8 Å². The molecule has 2 rings (SSSR count). The Kier molecular flexibility index (Phi) is 3.66. The van der Waals surface area contributed by atoms with Crippen molar-refractivity contribution in [1.82, 2.24) is 5.32 Å². The van der Waals surface area contributed by atoms with Crippen LogP contribution in [-0.2, 0) is 4.79 Å². The van der Waals surface area contributed by atoms with Gasteiger partial charge in [-0.2, -0.15) is 13.2 Å². The van der Waals surface area contributed by atoms with Crippen molar-refractivity contribution in [2.24, 2.45) is 5.92 Å². The first kappa shape index (κ1) is 13.4. The van der Waals surface area contributed by atoms with Gasteiger partial charge in [-0.25, -0.2) is 0 Å². The second kappa shape index (κ2) is 4.91. The van der Waals surface area contributed by atoms with Crippen molar-refractivity contribution in [2.75, 3.05) is 6.54 Å². The van der Waals surface area contributed by atoms with Crippen LogP contribution in [0, 0.1) is 5.92 Å². The smallest absolute Gasteiger partial charge is 0.347 e. The minimum Gasteiger partial charge on any atom is -0.347 e. The summed E-state index contributed by atoms with van der Waals surface area (Å²) >= 11 is 3.37. The Labute approximate surface area is 111 Å². The van der Waals surface area contributed by atoms with Crippen LogP contribution in [0.2, 0.25) is 0 Å². The van der Waals surface area contributed by atoms with E-state index < -0.39 is 18.6 Å². The summed E-state index contributed by atoms with van der Waals surface area (Å²) in [6.45, 7) is -1.26. The maximum atomic E-state index is 12.0. The molecular weight excluding hydrogens is 311 g/mol. The van der Waals surface area contributed by atoms with Crippen LogP contribution in [0.1, 0.15) is 17.9 Å². The van der Waals surface area contributed by atoms with E-state index in [0.717, 1.165) is 10.0 Å². The molecule has 1 aromatic carbocycles. The Balaban J connectivity index is 1.92. The highest BCUT2D eigenvalue weighted by Gasteiger charge is 2.45. The molecule has 98 valence electrons. The zero-order chi connectivity index (χ0) is 13.3. The van der Waals surface area contributed by atoms with Gasteiger partial charge in [0.1, 0.15) is 6.54 Å². The van der Waals surface area contributed by atoms with Crippen molar-refractivity contribution >= 4 is 21.8 Å². The first-order valence-corrected chi connectivity index (χ1v) is 6.26. The molecule has 1 amide bonds. The largest absolute Gasteiger partial charge is 0.405 e. The first-order chi connectivity index (χ1) is 8.38. The zero-order valence-corrected chi connectivity index (χ0v) is 10.9. The van der Waals surface area contributed by atoms with Crippen molar-refractivity contribution in [2.45, 2.75) is 18.5 Å². The molecule has 0 spiro atoms. The maximum absolute atomic E-state index is 12.0. The number of rotatable bonds is 3. The summed E-state index contributed by atoms with van der Waals surface area (Å²) in [5, 5.41) is 1.92. The minimum absolute atomic E-state index is 0.0220. The lowest BCUT2D eigenvalue weighted by atomic mass is 10.1. The topological polar surface area (TPSA) is 29.1 Å². The predicted molar refractivity (Wildman–Crippen MR) is 64.1 cm³/mol. The van der Waals surface area contributed by atoms with Gasteiger partial charge < -0.3 is 5.32 Å². The molecule has 1 aliphatic rings. The van der Waals surface area contributed by atoms with Gasteiger partial charge in [0, 0.05) is 10.4 Å². The van der Waals surface area contributed by atoms with E-state index in [1.807, 2.05) is 29.6 Å². The third-order valence-electron chi connectivity index (χ3n) is 2.89. The summed E-state index contributed by atoms with van der Waals surface area (Å²) in [4.78, 5) is 11.5. The summed E-state index contributed by atoms with van der Waals surface area (Å²) < 4.78 is 36.8. The second-order valence-corrected chi connectivity index (χ2v) is 5.16. The van der Waals surface area contributed by atoms with Crippen LogP contribution >= 0.6 is 15.9 Å². The van der Waals surface area contributed by atoms with Crippen LogP contribution < -0.4 is 5.32 Å². The fourth-order valence-electron chi connectivity index (χ4n) is 1.92. The van der Waals surface area contributed by atoms with Gasteiger partial charge in [0.25, 0.3) is 0 Å². The van der Waals surface area contributed by atoms with E-state index in [4.69, 9.17) is 0 Å². The Morgan fingerprint density at radius 1 is 1.39 bits per heavy atom. The van der Waals surface area contributed by atoms with Crippen LogP contribution in [-0.4, -0.2) is 18.6 Å². The van der Waals surface area contributed by atoms with Gasteiger partial charge in [0.05, 0.1) is 0 Å². The maximum Gasteiger partial charge on any atom is 0.405 e. The quantitative estimate of drug-likeness (QED) is 0.909. The molecule has 1 saturated carbocycles. The van der Waals surface area contributed by atoms with E-state index in [1.54, 1.807) is 0 Å². The standard InChI is InChI=1S/C12H11BrF3NO/c13-10-4-2-1-3-7(10)8-5-9(8)11(18)17-6-12(14,15)16/h1-4,8-9H,5-6H2,(H,17,18). The Bertz CT molecular complexity index is 461. The Morgan fingerprint density at radius 3 is 2.67 bits per heavy atom. The van der Waals surface area contributed by atoms with Crippen LogP contribution in [0.15, 0.2) is 28.7 Å². The lowest BCUT2D eigenvalue weighted by Gasteiger charge is -2.08. The molecule has 0 saturated heterocycles. The van der Waals surface area contributed by atoms with Gasteiger partial charge >= 0.3 is 6.18 Å². The first-order valence-electron chi connectivity index (χ1n) is 5.47. The average Bonchev–Trinajstić information content (AvgIpc) is 3.05. The van der Waals surface area contributed by atoms with E-state index in [9.17, 15) is 18.0 Å². The molecule has 2 unspecified atom stereocenters. The van der Waals surface area contributed by atoms with Crippen LogP contribution in [0.25, 0.3) is 0 Å². The molecule has 1 aliphatic carbocycles. The summed E-state index contributed by atoms with van der Waals surface area (Å²) in [6, 6.07) is 7.45. The minimum atomic E-state index is -4.35. The molecule has 2 nitrogen and oxygen atoms in total. The number of alkyl halides is 3. The van der Waals surface area contributed by atoms with Gasteiger partial charge in [-0.1, -0.05) is 34.1 Å². The highest BCUT2D eigenvalue weighted by Crippen LogP contribution is 2.49. The summed E-state index contributed by atoms with van der Waals surface area (Å²) in [6.07, 6.45) is -3.75. The molecule has 0 bridgehead atoms. The van der Waals surface area contributed by atoms with E-state index >= 15 is 0 Å². The molecule has 0 aromatic heterocycles. The molecule has 18 heavy (non-hydrogen) atoms. The summed E-state index contributed by atoms with van der Waals surface area (Å²) in [5.74, 6) is -0.840. The van der Waals surface area contributed by atoms with E-state index in [1.165, 1.54) is 0 Å². The van der Waals surface area contributed by atoms with Gasteiger partial charge in [0.15, 0.2) is 0 Å². The van der Waals surface area contributed by atoms with E-state index in [2.05, 4.69) is 15.9 Å². The van der Waals surface area contributed by atoms with Gasteiger partial charge in [-0.15, -0.1) is 0 Å². The Hall–Kier alpha value is -1.04. The molecule has 6 heteroatoms. The normalized spacial score (nSPS) is 22.7. The highest BCUT2D eigenvalue weighted by molar-refractivity contribution is 9.10.